The topological polar surface area (TPSA) is 66.8 Å². The summed E-state index contributed by atoms with van der Waals surface area (Å²) in [6.45, 7) is 0. The third-order valence-electron chi connectivity index (χ3n) is 4.65. The van der Waals surface area contributed by atoms with Gasteiger partial charge in [0.1, 0.15) is 5.82 Å². The van der Waals surface area contributed by atoms with E-state index < -0.39 is 21.7 Å². The Balaban J connectivity index is 1.68. The summed E-state index contributed by atoms with van der Waals surface area (Å²) in [5.41, 5.74) is 1.07. The highest BCUT2D eigenvalue weighted by atomic mass is 79.9. The fraction of sp³-hybridized carbons (Fsp3) is 0.263. The highest BCUT2D eigenvalue weighted by Crippen LogP contribution is 2.42. The third kappa shape index (κ3) is 4.01. The summed E-state index contributed by atoms with van der Waals surface area (Å²) < 4.78 is 39.4. The van der Waals surface area contributed by atoms with Gasteiger partial charge in [-0.2, -0.15) is 4.99 Å². The number of carbonyl (C=O) groups excluding carboxylic acids is 1. The minimum absolute atomic E-state index is 0.00285. The number of hydrogen-bond acceptors (Lipinski definition) is 4. The van der Waals surface area contributed by atoms with Gasteiger partial charge in [-0.05, 0) is 23.8 Å². The predicted molar refractivity (Wildman–Crippen MR) is 113 cm³/mol. The zero-order valence-electron chi connectivity index (χ0n) is 14.6. The Bertz CT molecular complexity index is 1060. The Morgan fingerprint density at radius 3 is 2.68 bits per heavy atom. The van der Waals surface area contributed by atoms with E-state index in [1.54, 1.807) is 17.0 Å². The number of halogens is 2. The molecule has 0 spiro atoms. The highest BCUT2D eigenvalue weighted by Gasteiger charge is 2.50. The number of hydrogen-bond donors (Lipinski definition) is 0. The van der Waals surface area contributed by atoms with Crippen molar-refractivity contribution in [3.63, 3.8) is 0 Å². The summed E-state index contributed by atoms with van der Waals surface area (Å²) >= 11 is 4.46. The average Bonchev–Trinajstić information content (AvgIpc) is 3.07. The molecule has 0 aliphatic carbocycles. The molecule has 28 heavy (non-hydrogen) atoms. The van der Waals surface area contributed by atoms with Crippen molar-refractivity contribution in [1.29, 1.82) is 0 Å². The Kier molecular flexibility index (Phi) is 5.32. The van der Waals surface area contributed by atoms with Gasteiger partial charge in [-0.15, -0.1) is 0 Å². The molecule has 0 saturated carbocycles. The second kappa shape index (κ2) is 7.61. The predicted octanol–water partition coefficient (Wildman–Crippen LogP) is 3.43. The van der Waals surface area contributed by atoms with Crippen LogP contribution in [0.25, 0.3) is 0 Å². The highest BCUT2D eigenvalue weighted by molar-refractivity contribution is 9.10. The molecule has 2 aliphatic rings. The number of anilines is 1. The van der Waals surface area contributed by atoms with Crippen LogP contribution in [0.2, 0.25) is 0 Å². The van der Waals surface area contributed by atoms with Crippen LogP contribution in [0.1, 0.15) is 5.56 Å². The summed E-state index contributed by atoms with van der Waals surface area (Å²) in [6.07, 6.45) is 0.134. The third-order valence-corrected chi connectivity index (χ3v) is 8.36. The van der Waals surface area contributed by atoms with Gasteiger partial charge in [0.2, 0.25) is 0 Å². The number of benzene rings is 2. The van der Waals surface area contributed by atoms with Gasteiger partial charge in [-0.25, -0.2) is 12.8 Å². The quantitative estimate of drug-likeness (QED) is 0.670. The van der Waals surface area contributed by atoms with E-state index in [-0.39, 0.29) is 34.8 Å². The molecule has 0 bridgehead atoms. The first-order valence-corrected chi connectivity index (χ1v) is 12.1. The molecular formula is C19H16BrFN2O3S2. The summed E-state index contributed by atoms with van der Waals surface area (Å²) in [5, 5.41) is 0.0865. The largest absolute Gasteiger partial charge is 0.313 e. The number of aliphatic imine (C=N–C) groups is 1. The zero-order valence-corrected chi connectivity index (χ0v) is 17.8. The smallest absolute Gasteiger partial charge is 0.252 e. The van der Waals surface area contributed by atoms with Gasteiger partial charge in [0.15, 0.2) is 15.0 Å². The first-order chi connectivity index (χ1) is 13.3. The molecule has 4 rings (SSSR count). The molecule has 2 aromatic rings. The van der Waals surface area contributed by atoms with E-state index in [4.69, 9.17) is 0 Å². The fourth-order valence-corrected chi connectivity index (χ4v) is 7.70. The van der Waals surface area contributed by atoms with Crippen LogP contribution in [0.15, 0.2) is 58.0 Å². The Hall–Kier alpha value is -1.71. The molecule has 2 atom stereocenters. The number of sulfone groups is 1. The lowest BCUT2D eigenvalue weighted by atomic mass is 10.1. The van der Waals surface area contributed by atoms with E-state index in [1.165, 1.54) is 17.8 Å². The molecule has 0 aromatic heterocycles. The van der Waals surface area contributed by atoms with Crippen molar-refractivity contribution in [3.8, 4) is 0 Å². The minimum Gasteiger partial charge on any atom is -0.313 e. The van der Waals surface area contributed by atoms with Gasteiger partial charge in [0, 0.05) is 9.72 Å². The van der Waals surface area contributed by atoms with Crippen LogP contribution in [-0.2, 0) is 21.1 Å². The van der Waals surface area contributed by atoms with Crippen LogP contribution in [0.3, 0.4) is 0 Å². The average molecular weight is 483 g/mol. The second-order valence-electron chi connectivity index (χ2n) is 6.72. The molecular weight excluding hydrogens is 467 g/mol. The number of rotatable bonds is 3. The Labute approximate surface area is 175 Å². The van der Waals surface area contributed by atoms with Crippen molar-refractivity contribution in [2.45, 2.75) is 17.7 Å². The van der Waals surface area contributed by atoms with Gasteiger partial charge in [-0.3, -0.25) is 4.79 Å². The standard InChI is InChI=1S/C19H16BrFN2O3S2/c20-13-6-7-15(14(21)9-13)23-16-10-28(25,26)11-17(16)27-19(23)22-18(24)8-12-4-2-1-3-5-12/h1-7,9,16-17H,8,10-11H2/t16-,17+/m1/s1. The maximum atomic E-state index is 14.6. The molecule has 5 nitrogen and oxygen atoms in total. The normalized spacial score (nSPS) is 24.5. The van der Waals surface area contributed by atoms with Gasteiger partial charge in [0.25, 0.3) is 5.91 Å². The number of fused-ring (bicyclic) bond motifs is 1. The van der Waals surface area contributed by atoms with Crippen LogP contribution < -0.4 is 4.90 Å². The fourth-order valence-electron chi connectivity index (χ4n) is 3.44. The molecule has 2 heterocycles. The Morgan fingerprint density at radius 1 is 1.21 bits per heavy atom. The van der Waals surface area contributed by atoms with Crippen molar-refractivity contribution in [1.82, 2.24) is 0 Å². The molecule has 1 amide bonds. The van der Waals surface area contributed by atoms with Gasteiger partial charge >= 0.3 is 0 Å². The lowest BCUT2D eigenvalue weighted by Crippen LogP contribution is -2.38. The molecule has 2 aromatic carbocycles. The number of amidine groups is 1. The summed E-state index contributed by atoms with van der Waals surface area (Å²) in [7, 11) is -3.20. The lowest BCUT2D eigenvalue weighted by Gasteiger charge is -2.25. The molecule has 0 radical (unpaired) electrons. The van der Waals surface area contributed by atoms with E-state index in [0.29, 0.717) is 9.64 Å². The van der Waals surface area contributed by atoms with Crippen LogP contribution in [-0.4, -0.2) is 42.3 Å². The first-order valence-electron chi connectivity index (χ1n) is 8.59. The summed E-state index contributed by atoms with van der Waals surface area (Å²) in [5.74, 6) is -0.920. The van der Waals surface area contributed by atoms with Crippen molar-refractivity contribution < 1.29 is 17.6 Å². The zero-order chi connectivity index (χ0) is 19.9. The number of nitrogens with zero attached hydrogens (tertiary/aromatic N) is 2. The van der Waals surface area contributed by atoms with Crippen molar-refractivity contribution in [3.05, 3.63) is 64.4 Å². The number of carbonyl (C=O) groups is 1. The monoisotopic (exact) mass is 482 g/mol. The molecule has 2 fully saturated rings. The number of thioether (sulfide) groups is 1. The van der Waals surface area contributed by atoms with Gasteiger partial charge < -0.3 is 4.90 Å². The lowest BCUT2D eigenvalue weighted by molar-refractivity contribution is -0.117. The number of amides is 1. The first kappa shape index (κ1) is 19.6. The molecule has 0 N–H and O–H groups in total. The summed E-state index contributed by atoms with van der Waals surface area (Å²) in [6, 6.07) is 13.4. The van der Waals surface area contributed by atoms with Crippen molar-refractivity contribution in [2.75, 3.05) is 16.4 Å². The van der Waals surface area contributed by atoms with Crippen LogP contribution in [0.5, 0.6) is 0 Å². The van der Waals surface area contributed by atoms with Crippen LogP contribution in [0, 0.1) is 5.82 Å². The molecule has 2 saturated heterocycles. The van der Waals surface area contributed by atoms with E-state index in [0.717, 1.165) is 5.56 Å². The van der Waals surface area contributed by atoms with Crippen molar-refractivity contribution in [2.24, 2.45) is 4.99 Å². The van der Waals surface area contributed by atoms with E-state index in [9.17, 15) is 17.6 Å². The second-order valence-corrected chi connectivity index (χ2v) is 11.0. The maximum absolute atomic E-state index is 14.6. The van der Waals surface area contributed by atoms with Gasteiger partial charge in [-0.1, -0.05) is 58.0 Å². The molecule has 9 heteroatoms. The minimum atomic E-state index is -3.20. The Morgan fingerprint density at radius 2 is 1.96 bits per heavy atom. The maximum Gasteiger partial charge on any atom is 0.252 e. The molecule has 146 valence electrons. The molecule has 0 unspecified atom stereocenters. The van der Waals surface area contributed by atoms with E-state index >= 15 is 0 Å². The van der Waals surface area contributed by atoms with Crippen LogP contribution in [0.4, 0.5) is 10.1 Å². The SMILES string of the molecule is O=C(Cc1ccccc1)N=C1S[C@H]2CS(=O)(=O)C[C@H]2N1c1ccc(Br)cc1F. The summed E-state index contributed by atoms with van der Waals surface area (Å²) in [4.78, 5) is 18.3. The van der Waals surface area contributed by atoms with Crippen molar-refractivity contribution >= 4 is 54.3 Å². The molecule has 2 aliphatic heterocycles. The van der Waals surface area contributed by atoms with E-state index in [2.05, 4.69) is 20.9 Å². The van der Waals surface area contributed by atoms with Crippen LogP contribution >= 0.6 is 27.7 Å². The van der Waals surface area contributed by atoms with Gasteiger partial charge in [0.05, 0.1) is 29.7 Å². The van der Waals surface area contributed by atoms with E-state index in [1.807, 2.05) is 30.3 Å².